The maximum Gasteiger partial charge on any atom is 0.0992 e. The lowest BCUT2D eigenvalue weighted by Crippen LogP contribution is -2.22. The van der Waals surface area contributed by atoms with Crippen LogP contribution in [-0.2, 0) is 6.54 Å². The zero-order chi connectivity index (χ0) is 13.7. The molecule has 0 atom stereocenters. The molecule has 0 fully saturated rings. The second kappa shape index (κ2) is 6.35. The van der Waals surface area contributed by atoms with E-state index < -0.39 is 0 Å². The molecule has 1 heterocycles. The largest absolute Gasteiger partial charge is 0.367 e. The van der Waals surface area contributed by atoms with Crippen LogP contribution in [0.5, 0.6) is 0 Å². The smallest absolute Gasteiger partial charge is 0.0992 e. The first-order valence-electron chi connectivity index (χ1n) is 6.07. The van der Waals surface area contributed by atoms with Gasteiger partial charge in [-0.15, -0.1) is 0 Å². The van der Waals surface area contributed by atoms with Gasteiger partial charge in [-0.2, -0.15) is 5.26 Å². The molecule has 0 amide bonds. The topological polar surface area (TPSA) is 39.9 Å². The number of aromatic nitrogens is 1. The van der Waals surface area contributed by atoms with Crippen LogP contribution in [0.1, 0.15) is 18.1 Å². The number of nitrogens with zero attached hydrogens (tertiary/aromatic N) is 3. The number of hydrogen-bond acceptors (Lipinski definition) is 3. The number of pyridine rings is 1. The molecule has 1 aromatic heterocycles. The predicted molar refractivity (Wildman–Crippen MR) is 79.8 cm³/mol. The number of nitriles is 1. The highest BCUT2D eigenvalue weighted by atomic mass is 79.9. The highest BCUT2D eigenvalue weighted by Gasteiger charge is 2.07. The Bertz CT molecular complexity index is 590. The maximum absolute atomic E-state index is 9.03. The minimum atomic E-state index is 0.664. The molecular weight excluding hydrogens is 302 g/mol. The van der Waals surface area contributed by atoms with E-state index >= 15 is 0 Å². The molecule has 0 aliphatic heterocycles. The van der Waals surface area contributed by atoms with Crippen LogP contribution in [-0.4, -0.2) is 11.5 Å². The second-order valence-corrected chi connectivity index (χ2v) is 5.10. The number of halogens is 1. The van der Waals surface area contributed by atoms with Crippen molar-refractivity contribution in [3.05, 3.63) is 58.3 Å². The van der Waals surface area contributed by atoms with Gasteiger partial charge in [-0.1, -0.05) is 15.9 Å². The summed E-state index contributed by atoms with van der Waals surface area (Å²) in [7, 11) is 0. The average Bonchev–Trinajstić information content (AvgIpc) is 2.45. The number of benzene rings is 1. The minimum absolute atomic E-state index is 0.664. The maximum atomic E-state index is 9.03. The first kappa shape index (κ1) is 13.6. The summed E-state index contributed by atoms with van der Waals surface area (Å²) in [5, 5.41) is 9.03. The quantitative estimate of drug-likeness (QED) is 0.862. The van der Waals surface area contributed by atoms with Crippen molar-refractivity contribution in [1.82, 2.24) is 4.98 Å². The lowest BCUT2D eigenvalue weighted by atomic mass is 10.2. The summed E-state index contributed by atoms with van der Waals surface area (Å²) in [5.41, 5.74) is 2.91. The third kappa shape index (κ3) is 3.55. The van der Waals surface area contributed by atoms with Crippen molar-refractivity contribution in [2.75, 3.05) is 11.4 Å². The average molecular weight is 316 g/mol. The van der Waals surface area contributed by atoms with Crippen LogP contribution in [0, 0.1) is 11.3 Å². The first-order chi connectivity index (χ1) is 9.22. The Morgan fingerprint density at radius 1 is 1.26 bits per heavy atom. The van der Waals surface area contributed by atoms with Gasteiger partial charge in [-0.3, -0.25) is 4.98 Å². The zero-order valence-electron chi connectivity index (χ0n) is 10.7. The number of anilines is 1. The lowest BCUT2D eigenvalue weighted by Gasteiger charge is -2.23. The summed E-state index contributed by atoms with van der Waals surface area (Å²) in [5.74, 6) is 0. The third-order valence-electron chi connectivity index (χ3n) is 2.88. The van der Waals surface area contributed by atoms with Crippen LogP contribution in [0.2, 0.25) is 0 Å². The van der Waals surface area contributed by atoms with Crippen LogP contribution in [0.15, 0.2) is 47.2 Å². The highest BCUT2D eigenvalue weighted by molar-refractivity contribution is 9.10. The molecule has 0 aliphatic rings. The molecule has 0 saturated heterocycles. The fourth-order valence-electron chi connectivity index (χ4n) is 1.92. The molecule has 19 heavy (non-hydrogen) atoms. The fraction of sp³-hybridized carbons (Fsp3) is 0.200. The molecule has 4 heteroatoms. The standard InChI is InChI=1S/C15H14BrN3/c1-2-19(11-12-3-5-18-6-4-12)15-8-13(10-17)7-14(16)9-15/h3-9H,2,11H2,1H3. The van der Waals surface area contributed by atoms with Crippen molar-refractivity contribution in [3.63, 3.8) is 0 Å². The van der Waals surface area contributed by atoms with Crippen molar-refractivity contribution >= 4 is 21.6 Å². The molecule has 0 aliphatic carbocycles. The Morgan fingerprint density at radius 2 is 2.00 bits per heavy atom. The Balaban J connectivity index is 2.27. The molecule has 0 N–H and O–H groups in total. The van der Waals surface area contributed by atoms with E-state index in [4.69, 9.17) is 5.26 Å². The molecule has 1 aromatic carbocycles. The van der Waals surface area contributed by atoms with Crippen LogP contribution in [0.25, 0.3) is 0 Å². The molecule has 0 unspecified atom stereocenters. The van der Waals surface area contributed by atoms with E-state index in [1.54, 1.807) is 12.4 Å². The van der Waals surface area contributed by atoms with E-state index in [0.29, 0.717) is 5.56 Å². The molecule has 96 valence electrons. The molecule has 0 saturated carbocycles. The minimum Gasteiger partial charge on any atom is -0.367 e. The van der Waals surface area contributed by atoms with Crippen molar-refractivity contribution in [1.29, 1.82) is 5.26 Å². The molecule has 2 rings (SSSR count). The van der Waals surface area contributed by atoms with Gasteiger partial charge < -0.3 is 4.90 Å². The van der Waals surface area contributed by atoms with Gasteiger partial charge in [-0.05, 0) is 42.8 Å². The van der Waals surface area contributed by atoms with Crippen LogP contribution >= 0.6 is 15.9 Å². The summed E-state index contributed by atoms with van der Waals surface area (Å²) in [6, 6.07) is 12.0. The van der Waals surface area contributed by atoms with Gasteiger partial charge in [0, 0.05) is 35.6 Å². The third-order valence-corrected chi connectivity index (χ3v) is 3.34. The zero-order valence-corrected chi connectivity index (χ0v) is 12.3. The monoisotopic (exact) mass is 315 g/mol. The van der Waals surface area contributed by atoms with Crippen LogP contribution in [0.4, 0.5) is 5.69 Å². The second-order valence-electron chi connectivity index (χ2n) is 4.18. The Labute approximate surface area is 121 Å². The van der Waals surface area contributed by atoms with Gasteiger partial charge in [0.15, 0.2) is 0 Å². The summed E-state index contributed by atoms with van der Waals surface area (Å²) in [6.45, 7) is 3.79. The normalized spacial score (nSPS) is 9.95. The Morgan fingerprint density at radius 3 is 2.63 bits per heavy atom. The van der Waals surface area contributed by atoms with Crippen molar-refractivity contribution < 1.29 is 0 Å². The lowest BCUT2D eigenvalue weighted by molar-refractivity contribution is 0.830. The van der Waals surface area contributed by atoms with Gasteiger partial charge in [-0.25, -0.2) is 0 Å². The SMILES string of the molecule is CCN(Cc1ccncc1)c1cc(Br)cc(C#N)c1. The molecule has 3 nitrogen and oxygen atoms in total. The number of hydrogen-bond donors (Lipinski definition) is 0. The molecule has 0 spiro atoms. The van der Waals surface area contributed by atoms with Crippen LogP contribution in [0.3, 0.4) is 0 Å². The van der Waals surface area contributed by atoms with Gasteiger partial charge in [0.05, 0.1) is 11.6 Å². The van der Waals surface area contributed by atoms with Gasteiger partial charge in [0.1, 0.15) is 0 Å². The predicted octanol–water partition coefficient (Wildman–Crippen LogP) is 3.74. The van der Waals surface area contributed by atoms with Gasteiger partial charge >= 0.3 is 0 Å². The molecular formula is C15H14BrN3. The molecule has 0 bridgehead atoms. The van der Waals surface area contributed by atoms with E-state index in [1.165, 1.54) is 5.56 Å². The van der Waals surface area contributed by atoms with Crippen LogP contribution < -0.4 is 4.90 Å². The summed E-state index contributed by atoms with van der Waals surface area (Å²) in [6.07, 6.45) is 3.59. The van der Waals surface area contributed by atoms with Crippen molar-refractivity contribution in [2.45, 2.75) is 13.5 Å². The Hall–Kier alpha value is -1.86. The van der Waals surface area contributed by atoms with E-state index in [1.807, 2.05) is 30.3 Å². The fourth-order valence-corrected chi connectivity index (χ4v) is 2.40. The first-order valence-corrected chi connectivity index (χ1v) is 6.86. The van der Waals surface area contributed by atoms with Gasteiger partial charge in [0.2, 0.25) is 0 Å². The van der Waals surface area contributed by atoms with Crippen molar-refractivity contribution in [2.24, 2.45) is 0 Å². The Kier molecular flexibility index (Phi) is 4.53. The van der Waals surface area contributed by atoms with E-state index in [0.717, 1.165) is 23.2 Å². The summed E-state index contributed by atoms with van der Waals surface area (Å²) >= 11 is 3.45. The van der Waals surface area contributed by atoms with E-state index in [-0.39, 0.29) is 0 Å². The van der Waals surface area contributed by atoms with Crippen molar-refractivity contribution in [3.8, 4) is 6.07 Å². The summed E-state index contributed by atoms with van der Waals surface area (Å²) in [4.78, 5) is 6.25. The number of rotatable bonds is 4. The van der Waals surface area contributed by atoms with E-state index in [2.05, 4.69) is 38.8 Å². The van der Waals surface area contributed by atoms with E-state index in [9.17, 15) is 0 Å². The molecule has 0 radical (unpaired) electrons. The van der Waals surface area contributed by atoms with Gasteiger partial charge in [0.25, 0.3) is 0 Å². The highest BCUT2D eigenvalue weighted by Crippen LogP contribution is 2.24. The molecule has 2 aromatic rings. The summed E-state index contributed by atoms with van der Waals surface area (Å²) < 4.78 is 0.926.